The van der Waals surface area contributed by atoms with Crippen molar-refractivity contribution in [2.24, 2.45) is 7.05 Å². The number of nitriles is 1. The van der Waals surface area contributed by atoms with Crippen LogP contribution in [0.2, 0.25) is 0 Å². The number of rotatable bonds is 1. The van der Waals surface area contributed by atoms with Crippen LogP contribution < -0.4 is 0 Å². The smallest absolute Gasteiger partial charge is 0.143 e. The molecule has 2 aromatic heterocycles. The summed E-state index contributed by atoms with van der Waals surface area (Å²) in [7, 11) is 1.84. The minimum atomic E-state index is 0.599. The number of nitrogens with zero attached hydrogens (tertiary/aromatic N) is 4. The second-order valence-electron chi connectivity index (χ2n) is 3.28. The molecule has 74 valence electrons. The normalized spacial score (nSPS) is 9.93. The Labute approximate surface area is 87.8 Å². The summed E-state index contributed by atoms with van der Waals surface area (Å²) in [5.74, 6) is 0.798. The van der Waals surface area contributed by atoms with Crippen molar-refractivity contribution in [3.8, 4) is 17.5 Å². The molecule has 15 heavy (non-hydrogen) atoms. The van der Waals surface area contributed by atoms with Crippen LogP contribution >= 0.6 is 0 Å². The molecule has 4 nitrogen and oxygen atoms in total. The van der Waals surface area contributed by atoms with Crippen molar-refractivity contribution in [1.29, 1.82) is 5.26 Å². The predicted octanol–water partition coefficient (Wildman–Crippen LogP) is 1.66. The first kappa shape index (κ1) is 9.41. The maximum atomic E-state index is 8.94. The maximum Gasteiger partial charge on any atom is 0.143 e. The van der Waals surface area contributed by atoms with E-state index in [4.69, 9.17) is 5.26 Å². The Morgan fingerprint density at radius 1 is 1.33 bits per heavy atom. The van der Waals surface area contributed by atoms with Gasteiger partial charge in [-0.25, -0.2) is 4.98 Å². The molecule has 0 atom stereocenters. The van der Waals surface area contributed by atoms with E-state index in [9.17, 15) is 0 Å². The third kappa shape index (κ3) is 1.48. The highest BCUT2D eigenvalue weighted by molar-refractivity contribution is 5.57. The van der Waals surface area contributed by atoms with Crippen molar-refractivity contribution in [2.75, 3.05) is 0 Å². The van der Waals surface area contributed by atoms with Crippen molar-refractivity contribution >= 4 is 0 Å². The van der Waals surface area contributed by atoms with Crippen LogP contribution in [0.5, 0.6) is 0 Å². The number of aryl methyl sites for hydroxylation is 1. The van der Waals surface area contributed by atoms with Crippen LogP contribution in [0.15, 0.2) is 24.5 Å². The molecule has 0 spiro atoms. The fourth-order valence-electron chi connectivity index (χ4n) is 1.55. The van der Waals surface area contributed by atoms with Crippen molar-refractivity contribution < 1.29 is 0 Å². The lowest BCUT2D eigenvalue weighted by Gasteiger charge is -2.00. The van der Waals surface area contributed by atoms with Crippen LogP contribution in [0, 0.1) is 18.3 Å². The summed E-state index contributed by atoms with van der Waals surface area (Å²) in [6.07, 6.45) is 3.43. The van der Waals surface area contributed by atoms with Crippen LogP contribution in [0.3, 0.4) is 0 Å². The Morgan fingerprint density at radius 3 is 2.53 bits per heavy atom. The van der Waals surface area contributed by atoms with Crippen LogP contribution in [0.25, 0.3) is 11.4 Å². The highest BCUT2D eigenvalue weighted by Crippen LogP contribution is 2.19. The van der Waals surface area contributed by atoms with Crippen LogP contribution in [-0.2, 0) is 7.05 Å². The highest BCUT2D eigenvalue weighted by atomic mass is 15.1. The molecule has 0 bridgehead atoms. The van der Waals surface area contributed by atoms with Gasteiger partial charge in [-0.2, -0.15) is 5.26 Å². The van der Waals surface area contributed by atoms with Gasteiger partial charge in [-0.15, -0.1) is 0 Å². The summed E-state index contributed by atoms with van der Waals surface area (Å²) in [6, 6.07) is 5.89. The van der Waals surface area contributed by atoms with E-state index in [1.165, 1.54) is 0 Å². The van der Waals surface area contributed by atoms with Gasteiger partial charge in [0.05, 0.1) is 5.69 Å². The standard InChI is InChI=1S/C11H10N4/c1-8-10(7-12)15(2)11(14-8)9-3-5-13-6-4-9/h3-6H,1-2H3. The van der Waals surface area contributed by atoms with Crippen molar-refractivity contribution in [1.82, 2.24) is 14.5 Å². The fraction of sp³-hybridized carbons (Fsp3) is 0.182. The Bertz CT molecular complexity index is 520. The van der Waals surface area contributed by atoms with E-state index >= 15 is 0 Å². The molecule has 0 aliphatic carbocycles. The molecular weight excluding hydrogens is 188 g/mol. The summed E-state index contributed by atoms with van der Waals surface area (Å²) in [6.45, 7) is 1.84. The van der Waals surface area contributed by atoms with Gasteiger partial charge in [-0.1, -0.05) is 0 Å². The van der Waals surface area contributed by atoms with E-state index < -0.39 is 0 Å². The number of hydrogen-bond donors (Lipinski definition) is 0. The van der Waals surface area contributed by atoms with E-state index in [1.807, 2.05) is 26.1 Å². The summed E-state index contributed by atoms with van der Waals surface area (Å²) in [5.41, 5.74) is 2.32. The van der Waals surface area contributed by atoms with Gasteiger partial charge in [0.25, 0.3) is 0 Å². The lowest BCUT2D eigenvalue weighted by atomic mass is 10.2. The van der Waals surface area contributed by atoms with Gasteiger partial charge >= 0.3 is 0 Å². The zero-order valence-corrected chi connectivity index (χ0v) is 8.60. The van der Waals surface area contributed by atoms with Crippen LogP contribution in [0.4, 0.5) is 0 Å². The fourth-order valence-corrected chi connectivity index (χ4v) is 1.55. The monoisotopic (exact) mass is 198 g/mol. The molecule has 2 heterocycles. The van der Waals surface area contributed by atoms with Gasteiger partial charge < -0.3 is 4.57 Å². The van der Waals surface area contributed by atoms with Gasteiger partial charge in [0, 0.05) is 25.0 Å². The second kappa shape index (κ2) is 3.54. The summed E-state index contributed by atoms with van der Waals surface area (Å²) >= 11 is 0. The van der Waals surface area contributed by atoms with E-state index in [1.54, 1.807) is 17.0 Å². The van der Waals surface area contributed by atoms with E-state index in [-0.39, 0.29) is 0 Å². The van der Waals surface area contributed by atoms with Gasteiger partial charge in [0.15, 0.2) is 0 Å². The molecule has 0 unspecified atom stereocenters. The quantitative estimate of drug-likeness (QED) is 0.700. The van der Waals surface area contributed by atoms with Crippen LogP contribution in [-0.4, -0.2) is 14.5 Å². The lowest BCUT2D eigenvalue weighted by Crippen LogP contribution is -1.95. The Balaban J connectivity index is 2.62. The molecule has 0 aliphatic rings. The van der Waals surface area contributed by atoms with E-state index in [0.717, 1.165) is 17.1 Å². The van der Waals surface area contributed by atoms with E-state index in [2.05, 4.69) is 16.0 Å². The third-order valence-corrected chi connectivity index (χ3v) is 2.31. The van der Waals surface area contributed by atoms with E-state index in [0.29, 0.717) is 5.69 Å². The number of pyridine rings is 1. The molecule has 2 rings (SSSR count). The maximum absolute atomic E-state index is 8.94. The molecule has 0 fully saturated rings. The molecule has 0 N–H and O–H groups in total. The summed E-state index contributed by atoms with van der Waals surface area (Å²) in [5, 5.41) is 8.94. The van der Waals surface area contributed by atoms with Gasteiger partial charge in [0.1, 0.15) is 17.6 Å². The molecule has 0 saturated heterocycles. The Kier molecular flexibility index (Phi) is 2.22. The average molecular weight is 198 g/mol. The summed E-state index contributed by atoms with van der Waals surface area (Å²) in [4.78, 5) is 8.31. The van der Waals surface area contributed by atoms with Crippen LogP contribution in [0.1, 0.15) is 11.4 Å². The SMILES string of the molecule is Cc1nc(-c2ccncc2)n(C)c1C#N. The van der Waals surface area contributed by atoms with Crippen molar-refractivity contribution in [3.05, 3.63) is 35.9 Å². The predicted molar refractivity (Wildman–Crippen MR) is 55.9 cm³/mol. The minimum absolute atomic E-state index is 0.599. The number of imidazole rings is 1. The first-order valence-electron chi connectivity index (χ1n) is 4.58. The Hall–Kier alpha value is -2.15. The van der Waals surface area contributed by atoms with Gasteiger partial charge in [-0.3, -0.25) is 4.98 Å². The molecule has 0 aromatic carbocycles. The molecule has 2 aromatic rings. The number of aromatic nitrogens is 3. The van der Waals surface area contributed by atoms with Crippen molar-refractivity contribution in [3.63, 3.8) is 0 Å². The largest absolute Gasteiger partial charge is 0.319 e. The van der Waals surface area contributed by atoms with Gasteiger partial charge in [0.2, 0.25) is 0 Å². The molecule has 0 saturated carbocycles. The first-order valence-corrected chi connectivity index (χ1v) is 4.58. The van der Waals surface area contributed by atoms with Gasteiger partial charge in [-0.05, 0) is 19.1 Å². The third-order valence-electron chi connectivity index (χ3n) is 2.31. The second-order valence-corrected chi connectivity index (χ2v) is 3.28. The topological polar surface area (TPSA) is 54.5 Å². The zero-order chi connectivity index (χ0) is 10.8. The highest BCUT2D eigenvalue weighted by Gasteiger charge is 2.11. The zero-order valence-electron chi connectivity index (χ0n) is 8.60. The van der Waals surface area contributed by atoms with Crippen molar-refractivity contribution in [2.45, 2.75) is 6.92 Å². The Morgan fingerprint density at radius 2 is 2.00 bits per heavy atom. The molecule has 0 amide bonds. The average Bonchev–Trinajstić information content (AvgIpc) is 2.55. The minimum Gasteiger partial charge on any atom is -0.319 e. The molecule has 0 aliphatic heterocycles. The molecule has 4 heteroatoms. The molecule has 0 radical (unpaired) electrons. The first-order chi connectivity index (χ1) is 7.24. The molecular formula is C11H10N4. The number of hydrogen-bond acceptors (Lipinski definition) is 3. The lowest BCUT2D eigenvalue weighted by molar-refractivity contribution is 0.905. The summed E-state index contributed by atoms with van der Waals surface area (Å²) < 4.78 is 1.80.